The van der Waals surface area contributed by atoms with Crippen LogP contribution >= 0.6 is 0 Å². The van der Waals surface area contributed by atoms with Crippen LogP contribution in [-0.4, -0.2) is 11.7 Å². The molecule has 0 bridgehead atoms. The number of ketones is 1. The molecular formula is C14H21NO2. The fraction of sp³-hybridized carbons (Fsp3) is 0.571. The summed E-state index contributed by atoms with van der Waals surface area (Å²) in [5.41, 5.74) is 6.15. The van der Waals surface area contributed by atoms with Gasteiger partial charge in [-0.2, -0.15) is 0 Å². The molecule has 1 aliphatic rings. The van der Waals surface area contributed by atoms with Crippen molar-refractivity contribution in [1.29, 1.82) is 0 Å². The molecular weight excluding hydrogens is 214 g/mol. The minimum Gasteiger partial charge on any atom is -0.370 e. The largest absolute Gasteiger partial charge is 0.370 e. The Morgan fingerprint density at radius 2 is 2.00 bits per heavy atom. The van der Waals surface area contributed by atoms with Gasteiger partial charge in [-0.15, -0.1) is 0 Å². The van der Waals surface area contributed by atoms with Crippen molar-refractivity contribution in [2.75, 3.05) is 0 Å². The van der Waals surface area contributed by atoms with Crippen molar-refractivity contribution in [2.45, 2.75) is 40.0 Å². The zero-order chi connectivity index (χ0) is 13.1. The second-order valence-electron chi connectivity index (χ2n) is 5.16. The molecule has 0 saturated heterocycles. The van der Waals surface area contributed by atoms with Crippen molar-refractivity contribution in [3.8, 4) is 0 Å². The van der Waals surface area contributed by atoms with Gasteiger partial charge in [0, 0.05) is 18.8 Å². The predicted octanol–water partition coefficient (Wildman–Crippen LogP) is 2.37. The van der Waals surface area contributed by atoms with Crippen LogP contribution in [0.3, 0.4) is 0 Å². The van der Waals surface area contributed by atoms with E-state index >= 15 is 0 Å². The molecule has 1 rings (SSSR count). The van der Waals surface area contributed by atoms with E-state index in [1.165, 1.54) is 5.57 Å². The number of hydrogen-bond donors (Lipinski definition) is 1. The van der Waals surface area contributed by atoms with Gasteiger partial charge >= 0.3 is 0 Å². The number of hydrogen-bond acceptors (Lipinski definition) is 2. The number of primary amides is 1. The van der Waals surface area contributed by atoms with Gasteiger partial charge in [0.2, 0.25) is 5.91 Å². The van der Waals surface area contributed by atoms with Gasteiger partial charge in [-0.1, -0.05) is 44.6 Å². The highest BCUT2D eigenvalue weighted by Gasteiger charge is 2.33. The van der Waals surface area contributed by atoms with E-state index in [1.54, 1.807) is 0 Å². The fourth-order valence-electron chi connectivity index (χ4n) is 2.23. The minimum atomic E-state index is -0.416. The normalized spacial score (nSPS) is 22.1. The summed E-state index contributed by atoms with van der Waals surface area (Å²) in [5.74, 6) is -0.464. The zero-order valence-electron chi connectivity index (χ0n) is 10.8. The summed E-state index contributed by atoms with van der Waals surface area (Å²) in [6.45, 7) is 6.21. The number of amides is 1. The monoisotopic (exact) mass is 235 g/mol. The molecule has 0 aromatic heterocycles. The maximum absolute atomic E-state index is 12.0. The Labute approximate surface area is 103 Å². The first-order chi connectivity index (χ1) is 7.86. The molecule has 1 unspecified atom stereocenters. The third-order valence-corrected chi connectivity index (χ3v) is 3.23. The van der Waals surface area contributed by atoms with Crippen molar-refractivity contribution in [2.24, 2.45) is 17.1 Å². The number of carbonyl (C=O) groups excluding carboxylic acids is 2. The van der Waals surface area contributed by atoms with E-state index in [4.69, 9.17) is 5.73 Å². The highest BCUT2D eigenvalue weighted by Crippen LogP contribution is 2.36. The van der Waals surface area contributed by atoms with E-state index in [1.807, 2.05) is 12.2 Å². The lowest BCUT2D eigenvalue weighted by molar-refractivity contribution is -0.126. The summed E-state index contributed by atoms with van der Waals surface area (Å²) in [6, 6.07) is 0. The van der Waals surface area contributed by atoms with Crippen LogP contribution in [0, 0.1) is 11.3 Å². The summed E-state index contributed by atoms with van der Waals surface area (Å²) in [7, 11) is 0. The van der Waals surface area contributed by atoms with Crippen LogP contribution in [0.1, 0.15) is 40.0 Å². The Morgan fingerprint density at radius 3 is 2.47 bits per heavy atom. The summed E-state index contributed by atoms with van der Waals surface area (Å²) in [6.07, 6.45) is 7.48. The Balaban J connectivity index is 2.73. The third kappa shape index (κ3) is 3.55. The van der Waals surface area contributed by atoms with Crippen LogP contribution in [-0.2, 0) is 9.59 Å². The Bertz CT molecular complexity index is 378. The molecule has 0 aliphatic heterocycles. The second kappa shape index (κ2) is 5.30. The van der Waals surface area contributed by atoms with Crippen molar-refractivity contribution in [1.82, 2.24) is 0 Å². The van der Waals surface area contributed by atoms with Gasteiger partial charge in [0.1, 0.15) is 5.78 Å². The van der Waals surface area contributed by atoms with E-state index in [0.717, 1.165) is 6.42 Å². The lowest BCUT2D eigenvalue weighted by Gasteiger charge is -2.32. The van der Waals surface area contributed by atoms with E-state index in [-0.39, 0.29) is 30.0 Å². The van der Waals surface area contributed by atoms with E-state index in [0.29, 0.717) is 0 Å². The number of rotatable bonds is 5. The maximum atomic E-state index is 12.0. The molecule has 2 N–H and O–H groups in total. The minimum absolute atomic E-state index is 0.0939. The Hall–Kier alpha value is -1.38. The number of Topliss-reactive ketones (excluding diaryl/α,β-unsaturated/α-hetero) is 1. The van der Waals surface area contributed by atoms with Gasteiger partial charge < -0.3 is 5.73 Å². The second-order valence-corrected chi connectivity index (χ2v) is 5.16. The molecule has 0 heterocycles. The number of allylic oxidation sites excluding steroid dienone is 4. The van der Waals surface area contributed by atoms with Gasteiger partial charge in [0.05, 0.1) is 0 Å². The number of carbonyl (C=O) groups is 2. The SMILES string of the molecule is CCC1=CC(C)(C)C(C(=O)CCC(N)=O)C=C1. The van der Waals surface area contributed by atoms with Gasteiger partial charge in [-0.3, -0.25) is 9.59 Å². The van der Waals surface area contributed by atoms with Gasteiger partial charge in [-0.05, 0) is 11.8 Å². The molecule has 3 nitrogen and oxygen atoms in total. The molecule has 0 aromatic rings. The molecule has 0 radical (unpaired) electrons. The first kappa shape index (κ1) is 13.7. The van der Waals surface area contributed by atoms with Gasteiger partial charge in [0.25, 0.3) is 0 Å². The van der Waals surface area contributed by atoms with E-state index in [9.17, 15) is 9.59 Å². The average Bonchev–Trinajstić information content (AvgIpc) is 2.24. The topological polar surface area (TPSA) is 60.2 Å². The highest BCUT2D eigenvalue weighted by atomic mass is 16.1. The molecule has 0 spiro atoms. The lowest BCUT2D eigenvalue weighted by Crippen LogP contribution is -2.30. The van der Waals surface area contributed by atoms with Crippen LogP contribution in [0.5, 0.6) is 0 Å². The Morgan fingerprint density at radius 1 is 1.35 bits per heavy atom. The maximum Gasteiger partial charge on any atom is 0.217 e. The molecule has 1 aliphatic carbocycles. The molecule has 1 amide bonds. The molecule has 1 atom stereocenters. The lowest BCUT2D eigenvalue weighted by atomic mass is 9.71. The Kier molecular flexibility index (Phi) is 4.27. The smallest absolute Gasteiger partial charge is 0.217 e. The molecule has 0 fully saturated rings. The van der Waals surface area contributed by atoms with Crippen molar-refractivity contribution in [3.05, 3.63) is 23.8 Å². The van der Waals surface area contributed by atoms with Crippen LogP contribution in [0.25, 0.3) is 0 Å². The first-order valence-corrected chi connectivity index (χ1v) is 6.07. The van der Waals surface area contributed by atoms with Crippen molar-refractivity contribution >= 4 is 11.7 Å². The molecule has 3 heteroatoms. The van der Waals surface area contributed by atoms with Crippen LogP contribution in [0.15, 0.2) is 23.8 Å². The quantitative estimate of drug-likeness (QED) is 0.795. The van der Waals surface area contributed by atoms with Crippen molar-refractivity contribution < 1.29 is 9.59 Å². The molecule has 94 valence electrons. The third-order valence-electron chi connectivity index (χ3n) is 3.23. The highest BCUT2D eigenvalue weighted by molar-refractivity contribution is 5.88. The van der Waals surface area contributed by atoms with Crippen molar-refractivity contribution in [3.63, 3.8) is 0 Å². The summed E-state index contributed by atoms with van der Waals surface area (Å²) < 4.78 is 0. The van der Waals surface area contributed by atoms with Crippen LogP contribution in [0.4, 0.5) is 0 Å². The summed E-state index contributed by atoms with van der Waals surface area (Å²) in [4.78, 5) is 22.7. The van der Waals surface area contributed by atoms with Gasteiger partial charge in [0.15, 0.2) is 0 Å². The summed E-state index contributed by atoms with van der Waals surface area (Å²) in [5, 5.41) is 0. The molecule has 17 heavy (non-hydrogen) atoms. The molecule has 0 aromatic carbocycles. The van der Waals surface area contributed by atoms with E-state index in [2.05, 4.69) is 26.8 Å². The number of nitrogens with two attached hydrogens (primary N) is 1. The van der Waals surface area contributed by atoms with Gasteiger partial charge in [-0.25, -0.2) is 0 Å². The summed E-state index contributed by atoms with van der Waals surface area (Å²) >= 11 is 0. The first-order valence-electron chi connectivity index (χ1n) is 6.07. The molecule has 0 saturated carbocycles. The zero-order valence-corrected chi connectivity index (χ0v) is 10.8. The van der Waals surface area contributed by atoms with Crippen LogP contribution in [0.2, 0.25) is 0 Å². The van der Waals surface area contributed by atoms with Crippen LogP contribution < -0.4 is 5.73 Å². The van der Waals surface area contributed by atoms with E-state index < -0.39 is 5.91 Å². The fourth-order valence-corrected chi connectivity index (χ4v) is 2.23. The predicted molar refractivity (Wildman–Crippen MR) is 68.2 cm³/mol. The average molecular weight is 235 g/mol. The standard InChI is InChI=1S/C14H21NO2/c1-4-10-5-6-11(14(2,3)9-10)12(16)7-8-13(15)17/h5-6,9,11H,4,7-8H2,1-3H3,(H2,15,17).